The average molecular weight is 313 g/mol. The van der Waals surface area contributed by atoms with Gasteiger partial charge in [0, 0.05) is 13.1 Å². The van der Waals surface area contributed by atoms with Gasteiger partial charge in [0.2, 0.25) is 0 Å². The van der Waals surface area contributed by atoms with Gasteiger partial charge in [0.1, 0.15) is 5.15 Å². The van der Waals surface area contributed by atoms with Gasteiger partial charge in [0.15, 0.2) is 0 Å². The lowest BCUT2D eigenvalue weighted by Crippen LogP contribution is -2.34. The molecule has 1 rings (SSSR count). The summed E-state index contributed by atoms with van der Waals surface area (Å²) < 4.78 is 0. The fourth-order valence-electron chi connectivity index (χ4n) is 2.21. The lowest BCUT2D eigenvalue weighted by Gasteiger charge is -2.24. The predicted octanol–water partition coefficient (Wildman–Crippen LogP) is 2.51. The second-order valence-corrected chi connectivity index (χ2v) is 5.23. The minimum Gasteiger partial charge on any atom is -0.397 e. The first-order valence-electron chi connectivity index (χ1n) is 7.46. The van der Waals surface area contributed by atoms with E-state index < -0.39 is 0 Å². The number of nitrogen functional groups attached to an aromatic ring is 1. The first-order valence-corrected chi connectivity index (χ1v) is 7.83. The van der Waals surface area contributed by atoms with Crippen molar-refractivity contribution in [2.45, 2.75) is 27.2 Å². The van der Waals surface area contributed by atoms with Crippen LogP contribution >= 0.6 is 11.6 Å². The van der Waals surface area contributed by atoms with E-state index in [1.54, 1.807) is 11.0 Å². The maximum atomic E-state index is 12.5. The molecule has 0 aliphatic carbocycles. The third-order valence-electron chi connectivity index (χ3n) is 3.56. The molecule has 5 nitrogen and oxygen atoms in total. The van der Waals surface area contributed by atoms with Crippen molar-refractivity contribution in [3.63, 3.8) is 0 Å². The van der Waals surface area contributed by atoms with Crippen molar-refractivity contribution in [1.82, 2.24) is 14.8 Å². The van der Waals surface area contributed by atoms with Gasteiger partial charge in [-0.1, -0.05) is 25.4 Å². The third-order valence-corrected chi connectivity index (χ3v) is 3.86. The van der Waals surface area contributed by atoms with Gasteiger partial charge in [-0.3, -0.25) is 4.79 Å². The number of halogens is 1. The maximum Gasteiger partial charge on any atom is 0.257 e. The number of aromatic nitrogens is 1. The van der Waals surface area contributed by atoms with E-state index in [0.29, 0.717) is 24.3 Å². The highest BCUT2D eigenvalue weighted by Gasteiger charge is 2.18. The van der Waals surface area contributed by atoms with Crippen LogP contribution in [0.1, 0.15) is 37.6 Å². The molecule has 118 valence electrons. The zero-order valence-corrected chi connectivity index (χ0v) is 13.9. The Hall–Kier alpha value is -1.33. The molecule has 0 atom stereocenters. The monoisotopic (exact) mass is 312 g/mol. The maximum absolute atomic E-state index is 12.5. The predicted molar refractivity (Wildman–Crippen MR) is 87.6 cm³/mol. The van der Waals surface area contributed by atoms with Crippen molar-refractivity contribution in [1.29, 1.82) is 0 Å². The number of carbonyl (C=O) groups is 1. The third kappa shape index (κ3) is 5.17. The smallest absolute Gasteiger partial charge is 0.257 e. The zero-order valence-electron chi connectivity index (χ0n) is 13.1. The molecular weight excluding hydrogens is 288 g/mol. The lowest BCUT2D eigenvalue weighted by atomic mass is 10.2. The van der Waals surface area contributed by atoms with Crippen molar-refractivity contribution in [2.75, 3.05) is 38.5 Å². The second kappa shape index (κ2) is 8.85. The standard InChI is InChI=1S/C15H25ClN4O/c1-4-19(5-2)8-7-9-20(6-3)15(21)13-10-12(17)11-18-14(13)16/h10-11H,4-9,17H2,1-3H3. The Balaban J connectivity index is 2.67. The summed E-state index contributed by atoms with van der Waals surface area (Å²) in [7, 11) is 0. The van der Waals surface area contributed by atoms with Gasteiger partial charge in [-0.05, 0) is 39.0 Å². The van der Waals surface area contributed by atoms with Crippen molar-refractivity contribution in [3.05, 3.63) is 23.0 Å². The molecule has 21 heavy (non-hydrogen) atoms. The molecular formula is C15H25ClN4O. The van der Waals surface area contributed by atoms with E-state index >= 15 is 0 Å². The summed E-state index contributed by atoms with van der Waals surface area (Å²) in [6, 6.07) is 1.59. The van der Waals surface area contributed by atoms with E-state index in [9.17, 15) is 4.79 Å². The van der Waals surface area contributed by atoms with Crippen LogP contribution in [-0.4, -0.2) is 53.4 Å². The Kier molecular flexibility index (Phi) is 7.47. The van der Waals surface area contributed by atoms with Crippen LogP contribution in [0.2, 0.25) is 5.15 Å². The largest absolute Gasteiger partial charge is 0.397 e. The van der Waals surface area contributed by atoms with Crippen molar-refractivity contribution in [2.24, 2.45) is 0 Å². The number of pyridine rings is 1. The molecule has 0 radical (unpaired) electrons. The Labute approximate surface area is 132 Å². The molecule has 0 unspecified atom stereocenters. The van der Waals surface area contributed by atoms with Crippen LogP contribution in [0.5, 0.6) is 0 Å². The first-order chi connectivity index (χ1) is 10.0. The molecule has 0 bridgehead atoms. The Morgan fingerprint density at radius 2 is 1.90 bits per heavy atom. The Morgan fingerprint density at radius 1 is 1.24 bits per heavy atom. The number of hydrogen-bond donors (Lipinski definition) is 1. The number of rotatable bonds is 8. The van der Waals surface area contributed by atoms with Crippen LogP contribution in [-0.2, 0) is 0 Å². The van der Waals surface area contributed by atoms with E-state index in [0.717, 1.165) is 26.1 Å². The molecule has 1 heterocycles. The molecule has 1 aromatic heterocycles. The molecule has 0 aliphatic rings. The Bertz CT molecular complexity index is 463. The molecule has 0 saturated heterocycles. The average Bonchev–Trinajstić information content (AvgIpc) is 2.49. The van der Waals surface area contributed by atoms with Crippen LogP contribution in [0, 0.1) is 0 Å². The van der Waals surface area contributed by atoms with Crippen LogP contribution in [0.4, 0.5) is 5.69 Å². The van der Waals surface area contributed by atoms with Crippen LogP contribution in [0.15, 0.2) is 12.3 Å². The molecule has 0 spiro atoms. The van der Waals surface area contributed by atoms with E-state index in [-0.39, 0.29) is 11.1 Å². The lowest BCUT2D eigenvalue weighted by molar-refractivity contribution is 0.0757. The second-order valence-electron chi connectivity index (χ2n) is 4.87. The Morgan fingerprint density at radius 3 is 2.48 bits per heavy atom. The molecule has 2 N–H and O–H groups in total. The van der Waals surface area contributed by atoms with Gasteiger partial charge < -0.3 is 15.5 Å². The normalized spacial score (nSPS) is 10.9. The molecule has 1 amide bonds. The van der Waals surface area contributed by atoms with Gasteiger partial charge in [-0.15, -0.1) is 0 Å². The number of nitrogens with zero attached hydrogens (tertiary/aromatic N) is 3. The minimum absolute atomic E-state index is 0.109. The van der Waals surface area contributed by atoms with E-state index in [4.69, 9.17) is 17.3 Å². The summed E-state index contributed by atoms with van der Waals surface area (Å²) in [4.78, 5) is 20.6. The molecule has 0 fully saturated rings. The number of carbonyl (C=O) groups excluding carboxylic acids is 1. The van der Waals surface area contributed by atoms with Gasteiger partial charge in [-0.2, -0.15) is 0 Å². The highest BCUT2D eigenvalue weighted by molar-refractivity contribution is 6.32. The summed E-state index contributed by atoms with van der Waals surface area (Å²) in [5.74, 6) is -0.109. The fourth-order valence-corrected chi connectivity index (χ4v) is 2.40. The molecule has 0 aliphatic heterocycles. The summed E-state index contributed by atoms with van der Waals surface area (Å²) in [6.07, 6.45) is 2.39. The summed E-state index contributed by atoms with van der Waals surface area (Å²) >= 11 is 6.00. The highest BCUT2D eigenvalue weighted by atomic mass is 35.5. The topological polar surface area (TPSA) is 62.5 Å². The van der Waals surface area contributed by atoms with Gasteiger partial charge in [-0.25, -0.2) is 4.98 Å². The molecule has 6 heteroatoms. The number of nitrogens with two attached hydrogens (primary N) is 1. The van der Waals surface area contributed by atoms with Crippen molar-refractivity contribution >= 4 is 23.2 Å². The first kappa shape index (κ1) is 17.7. The van der Waals surface area contributed by atoms with E-state index in [2.05, 4.69) is 23.7 Å². The van der Waals surface area contributed by atoms with E-state index in [1.165, 1.54) is 6.20 Å². The van der Waals surface area contributed by atoms with Gasteiger partial charge in [0.25, 0.3) is 5.91 Å². The zero-order chi connectivity index (χ0) is 15.8. The molecule has 1 aromatic rings. The van der Waals surface area contributed by atoms with Crippen LogP contribution < -0.4 is 5.73 Å². The molecule has 0 saturated carbocycles. The fraction of sp³-hybridized carbons (Fsp3) is 0.600. The van der Waals surface area contributed by atoms with Crippen LogP contribution in [0.3, 0.4) is 0 Å². The summed E-state index contributed by atoms with van der Waals surface area (Å²) in [6.45, 7) is 10.6. The summed E-state index contributed by atoms with van der Waals surface area (Å²) in [5, 5.41) is 0.205. The van der Waals surface area contributed by atoms with Crippen molar-refractivity contribution in [3.8, 4) is 0 Å². The summed E-state index contributed by atoms with van der Waals surface area (Å²) in [5.41, 5.74) is 6.51. The molecule has 0 aromatic carbocycles. The highest BCUT2D eigenvalue weighted by Crippen LogP contribution is 2.17. The quantitative estimate of drug-likeness (QED) is 0.749. The minimum atomic E-state index is -0.109. The van der Waals surface area contributed by atoms with Crippen LogP contribution in [0.25, 0.3) is 0 Å². The van der Waals surface area contributed by atoms with Gasteiger partial charge in [0.05, 0.1) is 17.4 Å². The number of anilines is 1. The number of hydrogen-bond acceptors (Lipinski definition) is 4. The number of amides is 1. The SMILES string of the molecule is CCN(CC)CCCN(CC)C(=O)c1cc(N)cnc1Cl. The van der Waals surface area contributed by atoms with Crippen molar-refractivity contribution < 1.29 is 4.79 Å². The van der Waals surface area contributed by atoms with Gasteiger partial charge >= 0.3 is 0 Å². The van der Waals surface area contributed by atoms with E-state index in [1.807, 2.05) is 6.92 Å².